The van der Waals surface area contributed by atoms with Crippen LogP contribution >= 0.6 is 0 Å². The Hall–Kier alpha value is -1.18. The average Bonchev–Trinajstić information content (AvgIpc) is 2.24. The van der Waals surface area contributed by atoms with Gasteiger partial charge in [-0.2, -0.15) is 0 Å². The molecule has 0 radical (unpaired) electrons. The monoisotopic (exact) mass is 219 g/mol. The van der Waals surface area contributed by atoms with Gasteiger partial charge in [0.1, 0.15) is 6.61 Å². The van der Waals surface area contributed by atoms with Crippen LogP contribution in [-0.4, -0.2) is 55.2 Å². The summed E-state index contributed by atoms with van der Waals surface area (Å²) in [6, 6.07) is -0.737. The molecule has 0 bridgehead atoms. The van der Waals surface area contributed by atoms with Gasteiger partial charge >= 0.3 is 0 Å². The van der Waals surface area contributed by atoms with Gasteiger partial charge in [0, 0.05) is 13.6 Å². The number of hydrogen-bond acceptors (Lipinski definition) is 5. The summed E-state index contributed by atoms with van der Waals surface area (Å²) < 4.78 is 0. The average molecular weight is 219 g/mol. The lowest BCUT2D eigenvalue weighted by Crippen LogP contribution is -2.42. The van der Waals surface area contributed by atoms with Crippen molar-refractivity contribution >= 4 is 11.8 Å². The number of nitrogens with two attached hydrogens (primary N) is 1. The fourth-order valence-corrected chi connectivity index (χ4v) is 0.886. The van der Waals surface area contributed by atoms with Crippen molar-refractivity contribution in [2.24, 2.45) is 5.73 Å². The van der Waals surface area contributed by atoms with E-state index in [-0.39, 0.29) is 0 Å². The van der Waals surface area contributed by atoms with E-state index in [1.807, 2.05) is 0 Å². The van der Waals surface area contributed by atoms with Gasteiger partial charge in [-0.3, -0.25) is 14.4 Å². The quantitative estimate of drug-likeness (QED) is 0.441. The van der Waals surface area contributed by atoms with Crippen molar-refractivity contribution in [2.75, 3.05) is 27.3 Å². The van der Waals surface area contributed by atoms with E-state index in [2.05, 4.69) is 10.3 Å². The van der Waals surface area contributed by atoms with Crippen LogP contribution in [0.3, 0.4) is 0 Å². The lowest BCUT2D eigenvalue weighted by atomic mass is 10.2. The molecule has 0 heterocycles. The number of rotatable bonds is 6. The van der Waals surface area contributed by atoms with Crippen molar-refractivity contribution < 1.29 is 19.5 Å². The Labute approximate surface area is 88.1 Å². The van der Waals surface area contributed by atoms with E-state index in [1.54, 1.807) is 0 Å². The van der Waals surface area contributed by atoms with Crippen LogP contribution in [0.25, 0.3) is 0 Å². The number of likely N-dealkylation sites (N-methyl/N-ethyl adjacent to an activating group) is 1. The molecule has 0 aliphatic rings. The number of aliphatic hydroxyl groups excluding tert-OH is 1. The van der Waals surface area contributed by atoms with Crippen LogP contribution in [0.1, 0.15) is 6.42 Å². The summed E-state index contributed by atoms with van der Waals surface area (Å²) in [7, 11) is 2.84. The fraction of sp³-hybridized carbons (Fsp3) is 0.750. The van der Waals surface area contributed by atoms with Crippen molar-refractivity contribution in [1.29, 1.82) is 0 Å². The van der Waals surface area contributed by atoms with Gasteiger partial charge in [-0.1, -0.05) is 0 Å². The van der Waals surface area contributed by atoms with Crippen molar-refractivity contribution in [2.45, 2.75) is 12.5 Å². The first-order chi connectivity index (χ1) is 7.02. The predicted molar refractivity (Wildman–Crippen MR) is 52.5 cm³/mol. The van der Waals surface area contributed by atoms with Crippen LogP contribution in [0.4, 0.5) is 0 Å². The molecule has 0 saturated heterocycles. The van der Waals surface area contributed by atoms with Crippen LogP contribution in [0.15, 0.2) is 0 Å². The standard InChI is InChI=1S/C8H17N3O4/c1-11(7(13)5-12)4-3-6(9)8(14)10-15-2/h6,12H,3-5,9H2,1-2H3,(H,10,14)/t6-/m0/s1. The SMILES string of the molecule is CONC(=O)[C@@H](N)CCN(C)C(=O)CO. The zero-order valence-electron chi connectivity index (χ0n) is 8.90. The number of nitrogens with one attached hydrogen (secondary N) is 1. The molecule has 88 valence electrons. The van der Waals surface area contributed by atoms with Crippen LogP contribution in [0.5, 0.6) is 0 Å². The molecule has 7 nitrogen and oxygen atoms in total. The third kappa shape index (κ3) is 5.31. The lowest BCUT2D eigenvalue weighted by Gasteiger charge is -2.18. The molecule has 7 heteroatoms. The maximum absolute atomic E-state index is 11.1. The number of hydrogen-bond donors (Lipinski definition) is 3. The smallest absolute Gasteiger partial charge is 0.260 e. The Kier molecular flexibility index (Phi) is 6.59. The topological polar surface area (TPSA) is 105 Å². The lowest BCUT2D eigenvalue weighted by molar-refractivity contribution is -0.135. The van der Waals surface area contributed by atoms with E-state index < -0.39 is 24.5 Å². The Morgan fingerprint density at radius 1 is 1.60 bits per heavy atom. The molecule has 0 unspecified atom stereocenters. The highest BCUT2D eigenvalue weighted by Gasteiger charge is 2.15. The number of nitrogens with zero attached hydrogens (tertiary/aromatic N) is 1. The van der Waals surface area contributed by atoms with Gasteiger partial charge in [0.15, 0.2) is 0 Å². The number of carbonyl (C=O) groups excluding carboxylic acids is 2. The van der Waals surface area contributed by atoms with Crippen molar-refractivity contribution in [1.82, 2.24) is 10.4 Å². The number of amides is 2. The minimum absolute atomic E-state index is 0.303. The third-order valence-corrected chi connectivity index (χ3v) is 1.88. The second-order valence-corrected chi connectivity index (χ2v) is 3.04. The number of aliphatic hydroxyl groups is 1. The maximum Gasteiger partial charge on any atom is 0.260 e. The van der Waals surface area contributed by atoms with Gasteiger partial charge in [0.05, 0.1) is 13.2 Å². The molecule has 0 aliphatic carbocycles. The molecule has 0 rings (SSSR count). The normalized spacial score (nSPS) is 12.0. The van der Waals surface area contributed by atoms with Gasteiger partial charge in [0.25, 0.3) is 5.91 Å². The minimum Gasteiger partial charge on any atom is -0.387 e. The third-order valence-electron chi connectivity index (χ3n) is 1.88. The van der Waals surface area contributed by atoms with Crippen LogP contribution in [-0.2, 0) is 14.4 Å². The highest BCUT2D eigenvalue weighted by Crippen LogP contribution is 1.93. The molecule has 0 aromatic rings. The van der Waals surface area contributed by atoms with Crippen molar-refractivity contribution in [3.8, 4) is 0 Å². The molecule has 0 aromatic carbocycles. The first kappa shape index (κ1) is 13.8. The Morgan fingerprint density at radius 2 is 2.20 bits per heavy atom. The Balaban J connectivity index is 3.84. The maximum atomic E-state index is 11.1. The molecule has 15 heavy (non-hydrogen) atoms. The molecule has 0 saturated carbocycles. The van der Waals surface area contributed by atoms with E-state index in [0.717, 1.165) is 0 Å². The molecule has 0 spiro atoms. The van der Waals surface area contributed by atoms with Crippen molar-refractivity contribution in [3.63, 3.8) is 0 Å². The molecule has 0 fully saturated rings. The highest BCUT2D eigenvalue weighted by atomic mass is 16.6. The molecule has 2 amide bonds. The Morgan fingerprint density at radius 3 is 2.67 bits per heavy atom. The predicted octanol–water partition coefficient (Wildman–Crippen LogP) is -2.17. The first-order valence-electron chi connectivity index (χ1n) is 4.46. The van der Waals surface area contributed by atoms with Crippen LogP contribution in [0, 0.1) is 0 Å². The summed E-state index contributed by atoms with van der Waals surface area (Å²) in [5.74, 6) is -0.850. The molecule has 0 aromatic heterocycles. The highest BCUT2D eigenvalue weighted by molar-refractivity contribution is 5.80. The van der Waals surface area contributed by atoms with E-state index >= 15 is 0 Å². The summed E-state index contributed by atoms with van der Waals surface area (Å²) in [4.78, 5) is 27.7. The summed E-state index contributed by atoms with van der Waals surface area (Å²) in [6.45, 7) is -0.242. The largest absolute Gasteiger partial charge is 0.387 e. The number of carbonyl (C=O) groups is 2. The summed E-state index contributed by atoms with van der Waals surface area (Å²) >= 11 is 0. The Bertz CT molecular complexity index is 222. The molecule has 1 atom stereocenters. The van der Waals surface area contributed by atoms with E-state index in [1.165, 1.54) is 19.1 Å². The van der Waals surface area contributed by atoms with Crippen LogP contribution < -0.4 is 11.2 Å². The van der Waals surface area contributed by atoms with Crippen molar-refractivity contribution in [3.05, 3.63) is 0 Å². The minimum atomic E-state index is -0.737. The van der Waals surface area contributed by atoms with Gasteiger partial charge in [0.2, 0.25) is 5.91 Å². The zero-order valence-corrected chi connectivity index (χ0v) is 8.90. The zero-order chi connectivity index (χ0) is 11.8. The van der Waals surface area contributed by atoms with E-state index in [0.29, 0.717) is 13.0 Å². The van der Waals surface area contributed by atoms with E-state index in [4.69, 9.17) is 10.8 Å². The van der Waals surface area contributed by atoms with E-state index in [9.17, 15) is 9.59 Å². The van der Waals surface area contributed by atoms with Gasteiger partial charge in [-0.25, -0.2) is 5.48 Å². The first-order valence-corrected chi connectivity index (χ1v) is 4.46. The van der Waals surface area contributed by atoms with Crippen LogP contribution in [0.2, 0.25) is 0 Å². The molecule has 4 N–H and O–H groups in total. The van der Waals surface area contributed by atoms with Gasteiger partial charge in [-0.05, 0) is 6.42 Å². The van der Waals surface area contributed by atoms with Gasteiger partial charge < -0.3 is 15.7 Å². The molecular formula is C8H17N3O4. The molecule has 0 aliphatic heterocycles. The second kappa shape index (κ2) is 7.16. The number of hydroxylamine groups is 1. The fourth-order valence-electron chi connectivity index (χ4n) is 0.886. The molecular weight excluding hydrogens is 202 g/mol. The van der Waals surface area contributed by atoms with Gasteiger partial charge in [-0.15, -0.1) is 0 Å². The summed E-state index contributed by atoms with van der Waals surface area (Å²) in [6.07, 6.45) is 0.303. The summed E-state index contributed by atoms with van der Waals surface area (Å²) in [5.41, 5.74) is 7.60. The summed E-state index contributed by atoms with van der Waals surface area (Å²) in [5, 5.41) is 8.54. The second-order valence-electron chi connectivity index (χ2n) is 3.04.